The quantitative estimate of drug-likeness (QED) is 0.505. The first-order valence-corrected chi connectivity index (χ1v) is 7.25. The van der Waals surface area contributed by atoms with Crippen LogP contribution in [-0.4, -0.2) is 5.78 Å². The molecule has 0 bridgehead atoms. The van der Waals surface area contributed by atoms with Crippen LogP contribution in [0.15, 0.2) is 36.4 Å². The first kappa shape index (κ1) is 13.8. The lowest BCUT2D eigenvalue weighted by molar-refractivity contribution is 0.0981. The molecule has 1 heteroatoms. The van der Waals surface area contributed by atoms with Gasteiger partial charge in [0.05, 0.1) is 0 Å². The predicted octanol–water partition coefficient (Wildman–Crippen LogP) is 5.30. The fourth-order valence-corrected chi connectivity index (χ4v) is 2.54. The standard InChI is InChI=1S/C18H22O/c1-3-4-5-6-11-18(19)17-13-12-14(2)15-9-7-8-10-16(15)17/h7-10,12-13H,3-6,11H2,1-2H3. The third-order valence-corrected chi connectivity index (χ3v) is 3.70. The second-order valence-electron chi connectivity index (χ2n) is 5.21. The van der Waals surface area contributed by atoms with Gasteiger partial charge in [-0.2, -0.15) is 0 Å². The summed E-state index contributed by atoms with van der Waals surface area (Å²) in [5.74, 6) is 0.285. The number of unbranched alkanes of at least 4 members (excludes halogenated alkanes) is 3. The van der Waals surface area contributed by atoms with Gasteiger partial charge in [0.15, 0.2) is 5.78 Å². The summed E-state index contributed by atoms with van der Waals surface area (Å²) in [6.07, 6.45) is 5.28. The molecule has 2 aromatic carbocycles. The van der Waals surface area contributed by atoms with E-state index in [9.17, 15) is 4.79 Å². The molecule has 1 nitrogen and oxygen atoms in total. The van der Waals surface area contributed by atoms with E-state index in [1.165, 1.54) is 23.8 Å². The van der Waals surface area contributed by atoms with Crippen LogP contribution in [-0.2, 0) is 0 Å². The van der Waals surface area contributed by atoms with Crippen molar-refractivity contribution in [3.63, 3.8) is 0 Å². The van der Waals surface area contributed by atoms with E-state index in [0.717, 1.165) is 23.8 Å². The number of fused-ring (bicyclic) bond motifs is 1. The van der Waals surface area contributed by atoms with Gasteiger partial charge >= 0.3 is 0 Å². The van der Waals surface area contributed by atoms with Gasteiger partial charge in [0, 0.05) is 12.0 Å². The fraction of sp³-hybridized carbons (Fsp3) is 0.389. The Morgan fingerprint density at radius 2 is 1.68 bits per heavy atom. The van der Waals surface area contributed by atoms with Crippen molar-refractivity contribution < 1.29 is 4.79 Å². The molecule has 2 aromatic rings. The van der Waals surface area contributed by atoms with E-state index in [4.69, 9.17) is 0 Å². The van der Waals surface area contributed by atoms with E-state index in [0.29, 0.717) is 6.42 Å². The largest absolute Gasteiger partial charge is 0.294 e. The minimum atomic E-state index is 0.285. The van der Waals surface area contributed by atoms with Crippen molar-refractivity contribution in [2.75, 3.05) is 0 Å². The molecule has 0 unspecified atom stereocenters. The Morgan fingerprint density at radius 1 is 0.947 bits per heavy atom. The van der Waals surface area contributed by atoms with Gasteiger partial charge in [-0.15, -0.1) is 0 Å². The monoisotopic (exact) mass is 254 g/mol. The predicted molar refractivity (Wildman–Crippen MR) is 81.8 cm³/mol. The summed E-state index contributed by atoms with van der Waals surface area (Å²) in [5, 5.41) is 2.30. The van der Waals surface area contributed by atoms with E-state index in [-0.39, 0.29) is 5.78 Å². The Hall–Kier alpha value is -1.63. The molecule has 0 heterocycles. The van der Waals surface area contributed by atoms with E-state index in [2.05, 4.69) is 32.0 Å². The minimum absolute atomic E-state index is 0.285. The first-order valence-electron chi connectivity index (χ1n) is 7.25. The summed E-state index contributed by atoms with van der Waals surface area (Å²) in [7, 11) is 0. The molecule has 2 rings (SSSR count). The smallest absolute Gasteiger partial charge is 0.163 e. The van der Waals surface area contributed by atoms with Gasteiger partial charge in [-0.05, 0) is 29.7 Å². The zero-order valence-electron chi connectivity index (χ0n) is 11.9. The molecule has 0 aliphatic rings. The van der Waals surface area contributed by atoms with Gasteiger partial charge in [0.1, 0.15) is 0 Å². The highest BCUT2D eigenvalue weighted by molar-refractivity contribution is 6.08. The lowest BCUT2D eigenvalue weighted by Gasteiger charge is -2.08. The van der Waals surface area contributed by atoms with Crippen LogP contribution in [0.2, 0.25) is 0 Å². The molecule has 0 saturated carbocycles. The van der Waals surface area contributed by atoms with Crippen molar-refractivity contribution in [3.05, 3.63) is 47.5 Å². The molecule has 0 aliphatic heterocycles. The van der Waals surface area contributed by atoms with Crippen LogP contribution in [0.3, 0.4) is 0 Å². The SMILES string of the molecule is CCCCCCC(=O)c1ccc(C)c2ccccc12. The minimum Gasteiger partial charge on any atom is -0.294 e. The topological polar surface area (TPSA) is 17.1 Å². The summed E-state index contributed by atoms with van der Waals surface area (Å²) >= 11 is 0. The normalized spacial score (nSPS) is 10.8. The average Bonchev–Trinajstić information content (AvgIpc) is 2.44. The van der Waals surface area contributed by atoms with E-state index in [1.54, 1.807) is 0 Å². The van der Waals surface area contributed by atoms with E-state index < -0.39 is 0 Å². The number of hydrogen-bond donors (Lipinski definition) is 0. The first-order chi connectivity index (χ1) is 9.24. The van der Waals surface area contributed by atoms with Crippen LogP contribution in [0.25, 0.3) is 10.8 Å². The number of carbonyl (C=O) groups is 1. The molecule has 0 aromatic heterocycles. The molecule has 0 spiro atoms. The number of rotatable bonds is 6. The van der Waals surface area contributed by atoms with Crippen molar-refractivity contribution in [1.82, 2.24) is 0 Å². The van der Waals surface area contributed by atoms with Crippen molar-refractivity contribution in [2.45, 2.75) is 46.0 Å². The van der Waals surface area contributed by atoms with Gasteiger partial charge in [-0.1, -0.05) is 62.6 Å². The molecule has 0 radical (unpaired) electrons. The van der Waals surface area contributed by atoms with Crippen molar-refractivity contribution >= 4 is 16.6 Å². The van der Waals surface area contributed by atoms with E-state index >= 15 is 0 Å². The Labute approximate surface area is 115 Å². The highest BCUT2D eigenvalue weighted by Crippen LogP contribution is 2.24. The van der Waals surface area contributed by atoms with Crippen LogP contribution in [0.5, 0.6) is 0 Å². The number of Topliss-reactive ketones (excluding diaryl/α,β-unsaturated/α-hetero) is 1. The molecule has 0 amide bonds. The van der Waals surface area contributed by atoms with Gasteiger partial charge in [0.2, 0.25) is 0 Å². The van der Waals surface area contributed by atoms with Gasteiger partial charge in [0.25, 0.3) is 0 Å². The molecule has 0 aliphatic carbocycles. The Bertz CT molecular complexity index is 569. The number of carbonyl (C=O) groups excluding carboxylic acids is 1. The average molecular weight is 254 g/mol. The maximum Gasteiger partial charge on any atom is 0.163 e. The Kier molecular flexibility index (Phi) is 4.73. The lowest BCUT2D eigenvalue weighted by atomic mass is 9.95. The Balaban J connectivity index is 2.20. The van der Waals surface area contributed by atoms with Crippen molar-refractivity contribution in [2.24, 2.45) is 0 Å². The molecule has 19 heavy (non-hydrogen) atoms. The van der Waals surface area contributed by atoms with Gasteiger partial charge in [-0.25, -0.2) is 0 Å². The molecule has 100 valence electrons. The highest BCUT2D eigenvalue weighted by Gasteiger charge is 2.10. The number of hydrogen-bond acceptors (Lipinski definition) is 1. The van der Waals surface area contributed by atoms with Crippen LogP contribution in [0, 0.1) is 6.92 Å². The lowest BCUT2D eigenvalue weighted by Crippen LogP contribution is -2.00. The summed E-state index contributed by atoms with van der Waals surface area (Å²) in [4.78, 5) is 12.3. The number of ketones is 1. The van der Waals surface area contributed by atoms with Crippen molar-refractivity contribution in [3.8, 4) is 0 Å². The summed E-state index contributed by atoms with van der Waals surface area (Å²) < 4.78 is 0. The summed E-state index contributed by atoms with van der Waals surface area (Å²) in [6.45, 7) is 4.28. The maximum absolute atomic E-state index is 12.3. The van der Waals surface area contributed by atoms with E-state index in [1.807, 2.05) is 18.2 Å². The fourth-order valence-electron chi connectivity index (χ4n) is 2.54. The Morgan fingerprint density at radius 3 is 2.42 bits per heavy atom. The van der Waals surface area contributed by atoms with Gasteiger partial charge in [-0.3, -0.25) is 4.79 Å². The summed E-state index contributed by atoms with van der Waals surface area (Å²) in [6, 6.07) is 12.2. The summed E-state index contributed by atoms with van der Waals surface area (Å²) in [5.41, 5.74) is 2.12. The third kappa shape index (κ3) is 3.23. The molecular formula is C18H22O. The highest BCUT2D eigenvalue weighted by atomic mass is 16.1. The second-order valence-corrected chi connectivity index (χ2v) is 5.21. The van der Waals surface area contributed by atoms with Gasteiger partial charge < -0.3 is 0 Å². The number of benzene rings is 2. The van der Waals surface area contributed by atoms with Crippen LogP contribution >= 0.6 is 0 Å². The van der Waals surface area contributed by atoms with Crippen molar-refractivity contribution in [1.29, 1.82) is 0 Å². The maximum atomic E-state index is 12.3. The molecule has 0 N–H and O–H groups in total. The van der Waals surface area contributed by atoms with Crippen LogP contribution in [0.4, 0.5) is 0 Å². The molecule has 0 fully saturated rings. The zero-order chi connectivity index (χ0) is 13.7. The molecular weight excluding hydrogens is 232 g/mol. The second kappa shape index (κ2) is 6.51. The van der Waals surface area contributed by atoms with Crippen LogP contribution in [0.1, 0.15) is 54.9 Å². The number of aryl methyl sites for hydroxylation is 1. The molecule has 0 saturated heterocycles. The van der Waals surface area contributed by atoms with Crippen LogP contribution < -0.4 is 0 Å². The third-order valence-electron chi connectivity index (χ3n) is 3.70. The molecule has 0 atom stereocenters. The zero-order valence-corrected chi connectivity index (χ0v) is 11.9.